The first kappa shape index (κ1) is 22.8. The maximum absolute atomic E-state index is 12.7. The van der Waals surface area contributed by atoms with Crippen molar-refractivity contribution in [1.29, 1.82) is 0 Å². The van der Waals surface area contributed by atoms with Gasteiger partial charge in [-0.3, -0.25) is 9.59 Å². The van der Waals surface area contributed by atoms with Gasteiger partial charge in [-0.05, 0) is 43.7 Å². The Kier molecular flexibility index (Phi) is 9.53. The molecule has 6 nitrogen and oxygen atoms in total. The molecule has 0 aliphatic carbocycles. The van der Waals surface area contributed by atoms with Crippen LogP contribution >= 0.6 is 11.8 Å². The second kappa shape index (κ2) is 12.1. The summed E-state index contributed by atoms with van der Waals surface area (Å²) in [5.74, 6) is 0.0257. The van der Waals surface area contributed by atoms with Gasteiger partial charge in [-0.2, -0.15) is 0 Å². The Labute approximate surface area is 177 Å². The number of rotatable bonds is 11. The smallest absolute Gasteiger partial charge is 0.253 e. The zero-order valence-corrected chi connectivity index (χ0v) is 18.1. The maximum Gasteiger partial charge on any atom is 0.253 e. The molecule has 0 atom stereocenters. The highest BCUT2D eigenvalue weighted by Gasteiger charge is 2.14. The molecule has 0 spiro atoms. The largest absolute Gasteiger partial charge is 0.382 e. The van der Waals surface area contributed by atoms with Crippen LogP contribution < -0.4 is 15.5 Å². The van der Waals surface area contributed by atoms with Crippen molar-refractivity contribution in [2.45, 2.75) is 18.2 Å². The van der Waals surface area contributed by atoms with Crippen LogP contribution in [-0.4, -0.2) is 51.4 Å². The standard InChI is InChI=1S/C22H29N3O3S/c1-4-28-14-8-13-23-22(27)19-15-17(11-12-20(19)25(2)3)24-21(26)16-29-18-9-6-5-7-10-18/h5-7,9-12,15H,4,8,13-14,16H2,1-3H3,(H,23,27)(H,24,26). The number of nitrogens with one attached hydrogen (secondary N) is 2. The number of amides is 2. The lowest BCUT2D eigenvalue weighted by Gasteiger charge is -2.18. The minimum atomic E-state index is -0.167. The fourth-order valence-corrected chi connectivity index (χ4v) is 3.38. The Balaban J connectivity index is 1.98. The summed E-state index contributed by atoms with van der Waals surface area (Å²) in [5, 5.41) is 5.80. The first-order valence-corrected chi connectivity index (χ1v) is 10.6. The van der Waals surface area contributed by atoms with Gasteiger partial charge in [0.25, 0.3) is 5.91 Å². The quantitative estimate of drug-likeness (QED) is 0.433. The summed E-state index contributed by atoms with van der Waals surface area (Å²) < 4.78 is 5.29. The average molecular weight is 416 g/mol. The Bertz CT molecular complexity index is 797. The van der Waals surface area contributed by atoms with Crippen molar-refractivity contribution in [3.05, 3.63) is 54.1 Å². The van der Waals surface area contributed by atoms with Crippen LogP contribution in [0.15, 0.2) is 53.4 Å². The van der Waals surface area contributed by atoms with Gasteiger partial charge in [0.1, 0.15) is 0 Å². The van der Waals surface area contributed by atoms with Gasteiger partial charge >= 0.3 is 0 Å². The van der Waals surface area contributed by atoms with Crippen LogP contribution in [-0.2, 0) is 9.53 Å². The number of anilines is 2. The molecular formula is C22H29N3O3S. The number of carbonyl (C=O) groups is 2. The summed E-state index contributed by atoms with van der Waals surface area (Å²) in [5.41, 5.74) is 1.93. The third-order valence-electron chi connectivity index (χ3n) is 4.08. The second-order valence-electron chi connectivity index (χ2n) is 6.58. The van der Waals surface area contributed by atoms with E-state index in [9.17, 15) is 9.59 Å². The van der Waals surface area contributed by atoms with Gasteiger partial charge < -0.3 is 20.3 Å². The van der Waals surface area contributed by atoms with Crippen molar-refractivity contribution in [1.82, 2.24) is 5.32 Å². The van der Waals surface area contributed by atoms with Crippen LogP contribution in [0, 0.1) is 0 Å². The van der Waals surface area contributed by atoms with Crippen molar-refractivity contribution in [3.63, 3.8) is 0 Å². The normalized spacial score (nSPS) is 10.4. The monoisotopic (exact) mass is 415 g/mol. The lowest BCUT2D eigenvalue weighted by Crippen LogP contribution is -2.27. The van der Waals surface area contributed by atoms with Crippen molar-refractivity contribution >= 4 is 35.0 Å². The Morgan fingerprint density at radius 2 is 1.86 bits per heavy atom. The van der Waals surface area contributed by atoms with Crippen LogP contribution in [0.3, 0.4) is 0 Å². The number of benzene rings is 2. The van der Waals surface area contributed by atoms with Gasteiger partial charge in [0, 0.05) is 50.1 Å². The molecule has 2 rings (SSSR count). The first-order valence-electron chi connectivity index (χ1n) is 9.66. The van der Waals surface area contributed by atoms with E-state index in [-0.39, 0.29) is 11.8 Å². The highest BCUT2D eigenvalue weighted by molar-refractivity contribution is 8.00. The van der Waals surface area contributed by atoms with Gasteiger partial charge in [0.15, 0.2) is 0 Å². The van der Waals surface area contributed by atoms with Crippen LogP contribution in [0.1, 0.15) is 23.7 Å². The first-order chi connectivity index (χ1) is 14.0. The molecule has 0 saturated carbocycles. The van der Waals surface area contributed by atoms with Crippen molar-refractivity contribution < 1.29 is 14.3 Å². The van der Waals surface area contributed by atoms with E-state index in [0.29, 0.717) is 36.8 Å². The Morgan fingerprint density at radius 1 is 1.10 bits per heavy atom. The third-order valence-corrected chi connectivity index (χ3v) is 5.09. The van der Waals surface area contributed by atoms with Crippen LogP contribution in [0.25, 0.3) is 0 Å². The lowest BCUT2D eigenvalue weighted by molar-refractivity contribution is -0.113. The van der Waals surface area contributed by atoms with Gasteiger partial charge in [-0.25, -0.2) is 0 Å². The van der Waals surface area contributed by atoms with Crippen molar-refractivity contribution in [3.8, 4) is 0 Å². The number of nitrogens with zero attached hydrogens (tertiary/aromatic N) is 1. The highest BCUT2D eigenvalue weighted by atomic mass is 32.2. The van der Waals surface area contributed by atoms with Gasteiger partial charge in [-0.15, -0.1) is 11.8 Å². The van der Waals surface area contributed by atoms with E-state index in [1.807, 2.05) is 68.4 Å². The minimum absolute atomic E-state index is 0.112. The molecule has 2 amide bonds. The van der Waals surface area contributed by atoms with E-state index in [1.54, 1.807) is 6.07 Å². The molecule has 0 aliphatic heterocycles. The van der Waals surface area contributed by atoms with Crippen LogP contribution in [0.4, 0.5) is 11.4 Å². The molecule has 0 heterocycles. The molecule has 156 valence electrons. The molecule has 0 aromatic heterocycles. The van der Waals surface area contributed by atoms with Crippen molar-refractivity contribution in [2.24, 2.45) is 0 Å². The van der Waals surface area contributed by atoms with Gasteiger partial charge in [0.2, 0.25) is 5.91 Å². The SMILES string of the molecule is CCOCCCNC(=O)c1cc(NC(=O)CSc2ccccc2)ccc1N(C)C. The molecule has 2 N–H and O–H groups in total. The molecule has 0 unspecified atom stereocenters. The molecule has 29 heavy (non-hydrogen) atoms. The second-order valence-corrected chi connectivity index (χ2v) is 7.63. The Hall–Kier alpha value is -2.51. The predicted molar refractivity (Wildman–Crippen MR) is 120 cm³/mol. The minimum Gasteiger partial charge on any atom is -0.382 e. The number of ether oxygens (including phenoxy) is 1. The highest BCUT2D eigenvalue weighted by Crippen LogP contribution is 2.24. The summed E-state index contributed by atoms with van der Waals surface area (Å²) in [6.45, 7) is 3.77. The Morgan fingerprint density at radius 3 is 2.55 bits per heavy atom. The van der Waals surface area contributed by atoms with Crippen LogP contribution in [0.2, 0.25) is 0 Å². The molecule has 2 aromatic rings. The van der Waals surface area contributed by atoms with Crippen LogP contribution in [0.5, 0.6) is 0 Å². The molecule has 0 bridgehead atoms. The number of carbonyl (C=O) groups excluding carboxylic acids is 2. The van der Waals surface area contributed by atoms with E-state index in [4.69, 9.17) is 4.74 Å². The summed E-state index contributed by atoms with van der Waals surface area (Å²) in [6.07, 6.45) is 0.754. The molecule has 0 radical (unpaired) electrons. The number of thioether (sulfide) groups is 1. The number of hydrogen-bond acceptors (Lipinski definition) is 5. The molecule has 2 aromatic carbocycles. The van der Waals surface area contributed by atoms with E-state index in [2.05, 4.69) is 10.6 Å². The zero-order chi connectivity index (χ0) is 21.1. The molecule has 0 saturated heterocycles. The fourth-order valence-electron chi connectivity index (χ4n) is 2.66. The van der Waals surface area contributed by atoms with E-state index < -0.39 is 0 Å². The maximum atomic E-state index is 12.7. The van der Waals surface area contributed by atoms with Gasteiger partial charge in [-0.1, -0.05) is 18.2 Å². The van der Waals surface area contributed by atoms with E-state index in [0.717, 1.165) is 17.0 Å². The molecule has 0 fully saturated rings. The lowest BCUT2D eigenvalue weighted by atomic mass is 10.1. The van der Waals surface area contributed by atoms with Crippen molar-refractivity contribution in [2.75, 3.05) is 49.8 Å². The van der Waals surface area contributed by atoms with E-state index >= 15 is 0 Å². The third kappa shape index (κ3) is 7.79. The number of hydrogen-bond donors (Lipinski definition) is 2. The summed E-state index contributed by atoms with van der Waals surface area (Å²) in [4.78, 5) is 27.9. The van der Waals surface area contributed by atoms with E-state index in [1.165, 1.54) is 11.8 Å². The predicted octanol–water partition coefficient (Wildman–Crippen LogP) is 3.64. The summed E-state index contributed by atoms with van der Waals surface area (Å²) in [7, 11) is 3.77. The topological polar surface area (TPSA) is 70.7 Å². The molecule has 7 heteroatoms. The molecule has 0 aliphatic rings. The van der Waals surface area contributed by atoms with Gasteiger partial charge in [0.05, 0.1) is 11.3 Å². The fraction of sp³-hybridized carbons (Fsp3) is 0.364. The summed E-state index contributed by atoms with van der Waals surface area (Å²) >= 11 is 1.47. The molecular weight excluding hydrogens is 386 g/mol. The zero-order valence-electron chi connectivity index (χ0n) is 17.2. The summed E-state index contributed by atoms with van der Waals surface area (Å²) in [6, 6.07) is 15.1. The average Bonchev–Trinajstić information content (AvgIpc) is 2.72.